The molecule has 4 rings (SSSR count). The number of benzene rings is 2. The molecular formula is C26H27Cl2FN6O3. The Morgan fingerprint density at radius 3 is 2.47 bits per heavy atom. The minimum absolute atomic E-state index is 0.0458. The van der Waals surface area contributed by atoms with Gasteiger partial charge in [0.15, 0.2) is 17.4 Å². The van der Waals surface area contributed by atoms with Crippen molar-refractivity contribution in [2.75, 3.05) is 23.7 Å². The molecule has 12 heteroatoms. The van der Waals surface area contributed by atoms with E-state index in [0.717, 1.165) is 6.07 Å². The predicted molar refractivity (Wildman–Crippen MR) is 145 cm³/mol. The first kappa shape index (κ1) is 27.6. The van der Waals surface area contributed by atoms with Crippen LogP contribution in [0, 0.1) is 5.82 Å². The first-order chi connectivity index (χ1) is 18.1. The van der Waals surface area contributed by atoms with E-state index in [2.05, 4.69) is 15.5 Å². The number of anilines is 3. The van der Waals surface area contributed by atoms with Crippen LogP contribution in [0.15, 0.2) is 42.5 Å². The van der Waals surface area contributed by atoms with E-state index >= 15 is 0 Å². The van der Waals surface area contributed by atoms with E-state index in [0.29, 0.717) is 30.8 Å². The van der Waals surface area contributed by atoms with Gasteiger partial charge in [-0.25, -0.2) is 4.39 Å². The lowest BCUT2D eigenvalue weighted by Gasteiger charge is -2.36. The van der Waals surface area contributed by atoms with Crippen LogP contribution in [0.3, 0.4) is 0 Å². The van der Waals surface area contributed by atoms with Crippen molar-refractivity contribution >= 4 is 52.8 Å². The number of nitrogen functional groups attached to an aromatic ring is 1. The molecule has 3 N–H and O–H groups in total. The summed E-state index contributed by atoms with van der Waals surface area (Å²) in [7, 11) is 0. The molecule has 0 unspecified atom stereocenters. The SMILES string of the molecule is C[C@@H]1CN(C(=O)c2ccc(N(C=O)c3cc(O[C@H](C)c4c(Cl)ccc(F)c4Cl)c(N)nn3)cc2)C[C@H](C)N1. The summed E-state index contributed by atoms with van der Waals surface area (Å²) in [5.41, 5.74) is 7.15. The number of hydrogen-bond donors (Lipinski definition) is 2. The summed E-state index contributed by atoms with van der Waals surface area (Å²) in [5, 5.41) is 11.4. The second kappa shape index (κ2) is 11.5. The molecule has 1 fully saturated rings. The molecule has 2 aromatic carbocycles. The highest BCUT2D eigenvalue weighted by molar-refractivity contribution is 6.36. The smallest absolute Gasteiger partial charge is 0.253 e. The van der Waals surface area contributed by atoms with Gasteiger partial charge in [0.25, 0.3) is 5.91 Å². The van der Waals surface area contributed by atoms with Crippen LogP contribution in [-0.2, 0) is 4.79 Å². The van der Waals surface area contributed by atoms with Crippen molar-refractivity contribution in [1.29, 1.82) is 0 Å². The maximum atomic E-state index is 14.0. The molecule has 200 valence electrons. The number of nitrogens with two attached hydrogens (primary N) is 1. The maximum Gasteiger partial charge on any atom is 0.253 e. The van der Waals surface area contributed by atoms with Crippen LogP contribution in [0.2, 0.25) is 10.0 Å². The molecule has 3 atom stereocenters. The van der Waals surface area contributed by atoms with Crippen LogP contribution in [0.1, 0.15) is 42.8 Å². The number of carbonyl (C=O) groups excluding carboxylic acids is 2. The molecule has 2 heterocycles. The van der Waals surface area contributed by atoms with Gasteiger partial charge in [-0.1, -0.05) is 23.2 Å². The third-order valence-corrected chi connectivity index (χ3v) is 6.87. The molecule has 0 aliphatic carbocycles. The van der Waals surface area contributed by atoms with Crippen molar-refractivity contribution in [2.45, 2.75) is 39.0 Å². The van der Waals surface area contributed by atoms with Gasteiger partial charge < -0.3 is 20.7 Å². The molecule has 1 aliphatic heterocycles. The molecule has 2 amide bonds. The Kier molecular flexibility index (Phi) is 8.35. The third-order valence-electron chi connectivity index (χ3n) is 6.15. The minimum atomic E-state index is -0.796. The van der Waals surface area contributed by atoms with Crippen molar-refractivity contribution in [2.24, 2.45) is 0 Å². The second-order valence-corrected chi connectivity index (χ2v) is 9.96. The lowest BCUT2D eigenvalue weighted by Crippen LogP contribution is -2.55. The summed E-state index contributed by atoms with van der Waals surface area (Å²) in [6.45, 7) is 6.92. The topological polar surface area (TPSA) is 114 Å². The molecule has 1 aliphatic rings. The lowest BCUT2D eigenvalue weighted by atomic mass is 10.1. The van der Waals surface area contributed by atoms with E-state index in [-0.39, 0.29) is 51.0 Å². The summed E-state index contributed by atoms with van der Waals surface area (Å²) < 4.78 is 19.9. The molecule has 0 spiro atoms. The average molecular weight is 561 g/mol. The van der Waals surface area contributed by atoms with Crippen LogP contribution in [-0.4, -0.2) is 52.6 Å². The summed E-state index contributed by atoms with van der Waals surface area (Å²) in [6.07, 6.45) is -0.236. The minimum Gasteiger partial charge on any atom is -0.482 e. The van der Waals surface area contributed by atoms with Gasteiger partial charge in [-0.3, -0.25) is 14.5 Å². The Morgan fingerprint density at radius 2 is 1.84 bits per heavy atom. The summed E-state index contributed by atoms with van der Waals surface area (Å²) >= 11 is 12.3. The number of halogens is 3. The quantitative estimate of drug-likeness (QED) is 0.316. The second-order valence-electron chi connectivity index (χ2n) is 9.17. The molecule has 1 aromatic heterocycles. The van der Waals surface area contributed by atoms with Gasteiger partial charge in [0.05, 0.1) is 10.7 Å². The van der Waals surface area contributed by atoms with E-state index in [1.807, 2.05) is 18.7 Å². The zero-order chi connectivity index (χ0) is 27.6. The Labute approximate surface area is 229 Å². The molecule has 3 aromatic rings. The molecule has 9 nitrogen and oxygen atoms in total. The number of hydrogen-bond acceptors (Lipinski definition) is 7. The van der Waals surface area contributed by atoms with Crippen molar-refractivity contribution in [1.82, 2.24) is 20.4 Å². The van der Waals surface area contributed by atoms with Crippen molar-refractivity contribution in [3.63, 3.8) is 0 Å². The lowest BCUT2D eigenvalue weighted by molar-refractivity contribution is -0.106. The zero-order valence-electron chi connectivity index (χ0n) is 21.0. The van der Waals surface area contributed by atoms with Crippen LogP contribution >= 0.6 is 23.2 Å². The van der Waals surface area contributed by atoms with Gasteiger partial charge in [-0.15, -0.1) is 10.2 Å². The largest absolute Gasteiger partial charge is 0.482 e. The number of nitrogens with one attached hydrogen (secondary N) is 1. The Hall–Kier alpha value is -3.47. The molecule has 1 saturated heterocycles. The normalized spacial score (nSPS) is 18.1. The van der Waals surface area contributed by atoms with Gasteiger partial charge in [-0.05, 0) is 57.2 Å². The fourth-order valence-electron chi connectivity index (χ4n) is 4.44. The van der Waals surface area contributed by atoms with Crippen molar-refractivity contribution < 1.29 is 18.7 Å². The van der Waals surface area contributed by atoms with Gasteiger partial charge in [0, 0.05) is 47.4 Å². The summed E-state index contributed by atoms with van der Waals surface area (Å²) in [6, 6.07) is 11.0. The molecular weight excluding hydrogens is 534 g/mol. The Morgan fingerprint density at radius 1 is 1.18 bits per heavy atom. The van der Waals surface area contributed by atoms with Gasteiger partial charge in [0.1, 0.15) is 11.9 Å². The van der Waals surface area contributed by atoms with E-state index in [1.165, 1.54) is 17.0 Å². The summed E-state index contributed by atoms with van der Waals surface area (Å²) in [5.74, 6) is -0.550. The first-order valence-corrected chi connectivity index (χ1v) is 12.7. The molecule has 0 bridgehead atoms. The van der Waals surface area contributed by atoms with Crippen molar-refractivity contribution in [3.8, 4) is 5.75 Å². The van der Waals surface area contributed by atoms with Gasteiger partial charge >= 0.3 is 0 Å². The van der Waals surface area contributed by atoms with Gasteiger partial charge in [-0.2, -0.15) is 0 Å². The molecule has 0 saturated carbocycles. The van der Waals surface area contributed by atoms with Crippen molar-refractivity contribution in [3.05, 3.63) is 69.5 Å². The van der Waals surface area contributed by atoms with E-state index in [4.69, 9.17) is 33.7 Å². The number of amides is 2. The number of aromatic nitrogens is 2. The van der Waals surface area contributed by atoms with E-state index < -0.39 is 11.9 Å². The number of nitrogens with zero attached hydrogens (tertiary/aromatic N) is 4. The maximum absolute atomic E-state index is 14.0. The number of ether oxygens (including phenoxy) is 1. The van der Waals surface area contributed by atoms with Crippen LogP contribution in [0.5, 0.6) is 5.75 Å². The van der Waals surface area contributed by atoms with Crippen LogP contribution in [0.4, 0.5) is 21.7 Å². The highest BCUT2D eigenvalue weighted by atomic mass is 35.5. The first-order valence-electron chi connectivity index (χ1n) is 11.9. The summed E-state index contributed by atoms with van der Waals surface area (Å²) in [4.78, 5) is 28.1. The fourth-order valence-corrected chi connectivity index (χ4v) is 5.12. The van der Waals surface area contributed by atoms with Crippen LogP contribution < -0.4 is 20.7 Å². The molecule has 0 radical (unpaired) electrons. The predicted octanol–water partition coefficient (Wildman–Crippen LogP) is 4.76. The number of rotatable bonds is 7. The molecule has 38 heavy (non-hydrogen) atoms. The zero-order valence-corrected chi connectivity index (χ0v) is 22.5. The third kappa shape index (κ3) is 5.82. The fraction of sp³-hybridized carbons (Fsp3) is 0.308. The Balaban J connectivity index is 1.55. The standard InChI is InChI=1S/C26H27Cl2FN6O3/c1-14-11-34(12-15(2)31-14)26(37)17-4-6-18(7-5-17)35(13-36)22-10-21(25(30)33-32-22)38-16(3)23-19(27)8-9-20(29)24(23)28/h4-10,13-16,31H,11-12H2,1-3H3,(H2,30,33)/t14-,15+,16-/m1/s1. The highest BCUT2D eigenvalue weighted by Crippen LogP contribution is 2.37. The number of carbonyl (C=O) groups is 2. The van der Waals surface area contributed by atoms with E-state index in [1.54, 1.807) is 31.2 Å². The average Bonchev–Trinajstić information content (AvgIpc) is 2.88. The number of piperazine rings is 1. The van der Waals surface area contributed by atoms with Gasteiger partial charge in [0.2, 0.25) is 6.41 Å². The Bertz CT molecular complexity index is 1330. The van der Waals surface area contributed by atoms with E-state index in [9.17, 15) is 14.0 Å². The monoisotopic (exact) mass is 560 g/mol. The highest BCUT2D eigenvalue weighted by Gasteiger charge is 2.26. The van der Waals surface area contributed by atoms with Crippen LogP contribution in [0.25, 0.3) is 0 Å².